The third kappa shape index (κ3) is 3.78. The number of anilines is 1. The number of alkyl halides is 3. The number of carbonyl (C=O) groups is 1. The Hall–Kier alpha value is -1.31. The predicted octanol–water partition coefficient (Wildman–Crippen LogP) is 3.91. The van der Waals surface area contributed by atoms with Crippen LogP contribution in [-0.4, -0.2) is 24.2 Å². The van der Waals surface area contributed by atoms with Gasteiger partial charge < -0.3 is 15.8 Å². The maximum Gasteiger partial charge on any atom is 0.416 e. The zero-order valence-electron chi connectivity index (χ0n) is 14.7. The van der Waals surface area contributed by atoms with Crippen LogP contribution in [0.5, 0.6) is 0 Å². The van der Waals surface area contributed by atoms with Gasteiger partial charge in [-0.15, -0.1) is 12.4 Å². The molecule has 0 heterocycles. The molecule has 1 saturated carbocycles. The summed E-state index contributed by atoms with van der Waals surface area (Å²) in [6.07, 6.45) is -4.29. The molecule has 0 spiro atoms. The molecule has 1 aliphatic carbocycles. The van der Waals surface area contributed by atoms with E-state index in [9.17, 15) is 18.0 Å². The van der Waals surface area contributed by atoms with E-state index >= 15 is 0 Å². The molecule has 1 aromatic rings. The lowest BCUT2D eigenvalue weighted by atomic mass is 9.54. The van der Waals surface area contributed by atoms with Gasteiger partial charge in [0.1, 0.15) is 5.54 Å². The van der Waals surface area contributed by atoms with Gasteiger partial charge in [-0.1, -0.05) is 19.9 Å². The van der Waals surface area contributed by atoms with Crippen LogP contribution in [0, 0.1) is 12.3 Å². The number of hydrogen-bond acceptors (Lipinski definition) is 3. The van der Waals surface area contributed by atoms with Crippen LogP contribution in [0.15, 0.2) is 18.2 Å². The normalized spacial score (nSPS) is 24.9. The van der Waals surface area contributed by atoms with E-state index in [1.807, 2.05) is 20.8 Å². The first kappa shape index (κ1) is 21.7. The fraction of sp³-hybridized carbons (Fsp3) is 0.588. The number of halogens is 4. The minimum atomic E-state index is -4.47. The van der Waals surface area contributed by atoms with Gasteiger partial charge in [0.05, 0.1) is 11.7 Å². The van der Waals surface area contributed by atoms with E-state index in [4.69, 9.17) is 10.5 Å². The van der Waals surface area contributed by atoms with E-state index in [1.165, 1.54) is 19.1 Å². The summed E-state index contributed by atoms with van der Waals surface area (Å²) in [5.41, 5.74) is 3.85. The standard InChI is InChI=1S/C17H23F3N2O2.ClH/c1-5-24-13-9-16(21,15(13,3)4)14(23)22-11-7-6-10(2)12(8-11)17(18,19)20;/h6-8,13H,5,9,21H2,1-4H3,(H,22,23);1H. The summed E-state index contributed by atoms with van der Waals surface area (Å²) < 4.78 is 44.5. The molecule has 1 fully saturated rings. The molecular formula is C17H24ClF3N2O2. The molecule has 4 nitrogen and oxygen atoms in total. The van der Waals surface area contributed by atoms with Gasteiger partial charge in [-0.25, -0.2) is 0 Å². The Morgan fingerprint density at radius 2 is 2.00 bits per heavy atom. The minimum absolute atomic E-state index is 0. The SMILES string of the molecule is CCOC1CC(N)(C(=O)Nc2ccc(C)c(C(F)(F)F)c2)C1(C)C.Cl. The first-order valence-corrected chi connectivity index (χ1v) is 7.83. The fourth-order valence-electron chi connectivity index (χ4n) is 3.07. The molecule has 1 aliphatic rings. The van der Waals surface area contributed by atoms with Crippen molar-refractivity contribution in [1.29, 1.82) is 0 Å². The van der Waals surface area contributed by atoms with E-state index < -0.39 is 28.6 Å². The van der Waals surface area contributed by atoms with Gasteiger partial charge in [0.25, 0.3) is 0 Å². The Balaban J connectivity index is 0.00000312. The van der Waals surface area contributed by atoms with Crippen molar-refractivity contribution in [2.75, 3.05) is 11.9 Å². The highest BCUT2D eigenvalue weighted by atomic mass is 35.5. The third-order valence-electron chi connectivity index (χ3n) is 5.04. The Labute approximate surface area is 151 Å². The number of ether oxygens (including phenoxy) is 1. The van der Waals surface area contributed by atoms with Gasteiger partial charge in [-0.3, -0.25) is 4.79 Å². The van der Waals surface area contributed by atoms with Gasteiger partial charge in [0, 0.05) is 24.1 Å². The highest BCUT2D eigenvalue weighted by Gasteiger charge is 2.62. The fourth-order valence-corrected chi connectivity index (χ4v) is 3.07. The van der Waals surface area contributed by atoms with Crippen molar-refractivity contribution in [2.45, 2.75) is 51.9 Å². The highest BCUT2D eigenvalue weighted by molar-refractivity contribution is 5.99. The number of hydrogen-bond donors (Lipinski definition) is 2. The van der Waals surface area contributed by atoms with Crippen LogP contribution in [0.1, 0.15) is 38.3 Å². The molecule has 2 atom stereocenters. The van der Waals surface area contributed by atoms with E-state index in [1.54, 1.807) is 0 Å². The third-order valence-corrected chi connectivity index (χ3v) is 5.04. The molecule has 0 aromatic heterocycles. The largest absolute Gasteiger partial charge is 0.416 e. The average molecular weight is 381 g/mol. The van der Waals surface area contributed by atoms with Gasteiger partial charge in [-0.05, 0) is 31.5 Å². The molecule has 0 saturated heterocycles. The summed E-state index contributed by atoms with van der Waals surface area (Å²) >= 11 is 0. The van der Waals surface area contributed by atoms with Gasteiger partial charge >= 0.3 is 6.18 Å². The summed E-state index contributed by atoms with van der Waals surface area (Å²) in [4.78, 5) is 12.6. The molecule has 25 heavy (non-hydrogen) atoms. The van der Waals surface area contributed by atoms with Crippen molar-refractivity contribution in [3.05, 3.63) is 29.3 Å². The molecule has 142 valence electrons. The molecule has 0 radical (unpaired) electrons. The molecule has 1 amide bonds. The summed E-state index contributed by atoms with van der Waals surface area (Å²) in [5.74, 6) is -0.500. The lowest BCUT2D eigenvalue weighted by Crippen LogP contribution is -2.74. The maximum absolute atomic E-state index is 13.0. The van der Waals surface area contributed by atoms with Crippen molar-refractivity contribution in [3.8, 4) is 0 Å². The number of nitrogens with one attached hydrogen (secondary N) is 1. The number of aryl methyl sites for hydroxylation is 1. The average Bonchev–Trinajstić information content (AvgIpc) is 2.47. The number of benzene rings is 1. The van der Waals surface area contributed by atoms with Crippen LogP contribution in [0.25, 0.3) is 0 Å². The molecule has 0 aliphatic heterocycles. The Morgan fingerprint density at radius 3 is 2.48 bits per heavy atom. The Morgan fingerprint density at radius 1 is 1.40 bits per heavy atom. The quantitative estimate of drug-likeness (QED) is 0.832. The maximum atomic E-state index is 13.0. The molecule has 1 aromatic carbocycles. The monoisotopic (exact) mass is 380 g/mol. The van der Waals surface area contributed by atoms with Crippen molar-refractivity contribution in [3.63, 3.8) is 0 Å². The van der Waals surface area contributed by atoms with Crippen molar-refractivity contribution < 1.29 is 22.7 Å². The predicted molar refractivity (Wildman–Crippen MR) is 92.8 cm³/mol. The van der Waals surface area contributed by atoms with Gasteiger partial charge in [-0.2, -0.15) is 13.2 Å². The lowest BCUT2D eigenvalue weighted by molar-refractivity contribution is -0.166. The van der Waals surface area contributed by atoms with Gasteiger partial charge in [0.15, 0.2) is 0 Å². The van der Waals surface area contributed by atoms with Crippen molar-refractivity contribution in [2.24, 2.45) is 11.1 Å². The number of rotatable bonds is 4. The van der Waals surface area contributed by atoms with Crippen LogP contribution in [0.4, 0.5) is 18.9 Å². The molecule has 0 bridgehead atoms. The second-order valence-corrected chi connectivity index (χ2v) is 6.82. The van der Waals surface area contributed by atoms with Gasteiger partial charge in [0.2, 0.25) is 5.91 Å². The van der Waals surface area contributed by atoms with E-state index in [-0.39, 0.29) is 29.8 Å². The molecule has 3 N–H and O–H groups in total. The zero-order valence-corrected chi connectivity index (χ0v) is 15.5. The van der Waals surface area contributed by atoms with Crippen molar-refractivity contribution >= 4 is 24.0 Å². The van der Waals surface area contributed by atoms with Crippen molar-refractivity contribution in [1.82, 2.24) is 0 Å². The molecular weight excluding hydrogens is 357 g/mol. The summed E-state index contributed by atoms with van der Waals surface area (Å²) in [7, 11) is 0. The number of carbonyl (C=O) groups excluding carboxylic acids is 1. The summed E-state index contributed by atoms with van der Waals surface area (Å²) in [5, 5.41) is 2.52. The second kappa shape index (κ2) is 7.13. The first-order chi connectivity index (χ1) is 10.9. The smallest absolute Gasteiger partial charge is 0.378 e. The van der Waals surface area contributed by atoms with E-state index in [0.29, 0.717) is 13.0 Å². The van der Waals surface area contributed by atoms with Crippen LogP contribution >= 0.6 is 12.4 Å². The second-order valence-electron chi connectivity index (χ2n) is 6.82. The van der Waals surface area contributed by atoms with E-state index in [0.717, 1.165) is 6.07 Å². The Bertz CT molecular complexity index is 649. The highest BCUT2D eigenvalue weighted by Crippen LogP contribution is 2.50. The molecule has 2 unspecified atom stereocenters. The minimum Gasteiger partial charge on any atom is -0.378 e. The summed E-state index contributed by atoms with van der Waals surface area (Å²) in [6, 6.07) is 3.70. The number of nitrogens with two attached hydrogens (primary N) is 1. The van der Waals surface area contributed by atoms with E-state index in [2.05, 4.69) is 5.32 Å². The Kier molecular flexibility index (Phi) is 6.20. The summed E-state index contributed by atoms with van der Waals surface area (Å²) in [6.45, 7) is 7.40. The van der Waals surface area contributed by atoms with Crippen LogP contribution in [-0.2, 0) is 15.7 Å². The lowest BCUT2D eigenvalue weighted by Gasteiger charge is -2.57. The number of amides is 1. The van der Waals surface area contributed by atoms with Crippen LogP contribution in [0.2, 0.25) is 0 Å². The molecule has 8 heteroatoms. The first-order valence-electron chi connectivity index (χ1n) is 7.83. The zero-order chi connectivity index (χ0) is 18.3. The van der Waals surface area contributed by atoms with Crippen LogP contribution < -0.4 is 11.1 Å². The topological polar surface area (TPSA) is 64.3 Å². The molecule has 2 rings (SSSR count). The van der Waals surface area contributed by atoms with Crippen LogP contribution in [0.3, 0.4) is 0 Å².